The summed E-state index contributed by atoms with van der Waals surface area (Å²) in [5.74, 6) is -0.295. The van der Waals surface area contributed by atoms with Crippen molar-refractivity contribution in [2.75, 3.05) is 0 Å². The Morgan fingerprint density at radius 2 is 1.69 bits per heavy atom. The van der Waals surface area contributed by atoms with Gasteiger partial charge in [0.25, 0.3) is 0 Å². The Bertz CT molecular complexity index is 541. The molecule has 0 atom stereocenters. The van der Waals surface area contributed by atoms with Crippen molar-refractivity contribution in [1.29, 1.82) is 0 Å². The van der Waals surface area contributed by atoms with Gasteiger partial charge in [-0.15, -0.1) is 0 Å². The third kappa shape index (κ3) is 2.50. The summed E-state index contributed by atoms with van der Waals surface area (Å²) in [6.45, 7) is 0. The molecule has 0 aliphatic rings. The van der Waals surface area contributed by atoms with Gasteiger partial charge in [0.05, 0.1) is 0 Å². The van der Waals surface area contributed by atoms with Crippen molar-refractivity contribution in [3.63, 3.8) is 0 Å². The molecule has 0 nitrogen and oxygen atoms in total. The van der Waals surface area contributed by atoms with Gasteiger partial charge in [0.2, 0.25) is 0 Å². The molecule has 0 aliphatic heterocycles. The second kappa shape index (κ2) is 4.90. The molecule has 16 heavy (non-hydrogen) atoms. The van der Waals surface area contributed by atoms with Crippen LogP contribution in [0, 0.1) is 9.39 Å². The molecule has 0 saturated carbocycles. The second-order valence-electron chi connectivity index (χ2n) is 3.25. The Morgan fingerprint density at radius 3 is 2.38 bits per heavy atom. The number of hydrogen-bond donors (Lipinski definition) is 0. The molecule has 0 bridgehead atoms. The summed E-state index contributed by atoms with van der Waals surface area (Å²) in [5.41, 5.74) is 1.08. The van der Waals surface area contributed by atoms with Gasteiger partial charge >= 0.3 is 0 Å². The van der Waals surface area contributed by atoms with Crippen molar-refractivity contribution in [2.24, 2.45) is 0 Å². The maximum atomic E-state index is 13.7. The highest BCUT2D eigenvalue weighted by Crippen LogP contribution is 2.32. The molecule has 0 heterocycles. The van der Waals surface area contributed by atoms with Crippen LogP contribution in [0.1, 0.15) is 0 Å². The van der Waals surface area contributed by atoms with Crippen LogP contribution in [-0.2, 0) is 0 Å². The fourth-order valence-corrected chi connectivity index (χ4v) is 2.26. The van der Waals surface area contributed by atoms with Gasteiger partial charge in [-0.2, -0.15) is 0 Å². The van der Waals surface area contributed by atoms with Crippen LogP contribution in [0.25, 0.3) is 11.1 Å². The third-order valence-corrected chi connectivity index (χ3v) is 3.39. The van der Waals surface area contributed by atoms with Crippen molar-refractivity contribution >= 4 is 45.8 Å². The number of hydrogen-bond acceptors (Lipinski definition) is 0. The summed E-state index contributed by atoms with van der Waals surface area (Å²) < 4.78 is 14.6. The van der Waals surface area contributed by atoms with E-state index in [-0.39, 0.29) is 5.82 Å². The molecule has 82 valence electrons. The summed E-state index contributed by atoms with van der Waals surface area (Å²) >= 11 is 13.9. The van der Waals surface area contributed by atoms with Crippen molar-refractivity contribution in [1.82, 2.24) is 0 Å². The summed E-state index contributed by atoms with van der Waals surface area (Å²) in [7, 11) is 0. The van der Waals surface area contributed by atoms with Crippen molar-refractivity contribution in [3.8, 4) is 11.1 Å². The first-order valence-electron chi connectivity index (χ1n) is 4.48. The van der Waals surface area contributed by atoms with Gasteiger partial charge in [0.1, 0.15) is 5.82 Å². The molecule has 0 fully saturated rings. The summed E-state index contributed by atoms with van der Waals surface area (Å²) in [6.07, 6.45) is 0. The van der Waals surface area contributed by atoms with Crippen LogP contribution in [0.15, 0.2) is 36.4 Å². The lowest BCUT2D eigenvalue weighted by Gasteiger charge is -2.06. The molecule has 0 aromatic heterocycles. The molecular weight excluding hydrogens is 361 g/mol. The van der Waals surface area contributed by atoms with Crippen LogP contribution in [-0.4, -0.2) is 0 Å². The molecule has 0 amide bonds. The highest BCUT2D eigenvalue weighted by molar-refractivity contribution is 14.1. The molecule has 0 unspecified atom stereocenters. The van der Waals surface area contributed by atoms with E-state index in [0.29, 0.717) is 21.2 Å². The maximum absolute atomic E-state index is 13.7. The van der Waals surface area contributed by atoms with Crippen LogP contribution in [0.4, 0.5) is 4.39 Å². The zero-order valence-electron chi connectivity index (χ0n) is 7.98. The highest BCUT2D eigenvalue weighted by Gasteiger charge is 2.09. The van der Waals surface area contributed by atoms with Gasteiger partial charge in [0, 0.05) is 24.7 Å². The lowest BCUT2D eigenvalue weighted by molar-refractivity contribution is 0.630. The Balaban J connectivity index is 2.62. The van der Waals surface area contributed by atoms with Crippen LogP contribution in [0.5, 0.6) is 0 Å². The van der Waals surface area contributed by atoms with Crippen LogP contribution in [0.2, 0.25) is 10.0 Å². The zero-order chi connectivity index (χ0) is 11.7. The summed E-state index contributed by atoms with van der Waals surface area (Å²) in [4.78, 5) is 0. The predicted octanol–water partition coefficient (Wildman–Crippen LogP) is 5.40. The smallest absolute Gasteiger partial charge is 0.132 e. The number of benzene rings is 2. The Labute approximate surface area is 117 Å². The number of rotatable bonds is 1. The van der Waals surface area contributed by atoms with Gasteiger partial charge < -0.3 is 0 Å². The molecule has 0 spiro atoms. The molecule has 0 aliphatic carbocycles. The topological polar surface area (TPSA) is 0 Å². The van der Waals surface area contributed by atoms with Crippen LogP contribution < -0.4 is 0 Å². The van der Waals surface area contributed by atoms with Crippen molar-refractivity contribution in [3.05, 3.63) is 55.8 Å². The highest BCUT2D eigenvalue weighted by atomic mass is 127. The monoisotopic (exact) mass is 366 g/mol. The first-order valence-corrected chi connectivity index (χ1v) is 6.32. The predicted molar refractivity (Wildman–Crippen MR) is 74.6 cm³/mol. The van der Waals surface area contributed by atoms with Gasteiger partial charge in [-0.3, -0.25) is 0 Å². The largest absolute Gasteiger partial charge is 0.206 e. The van der Waals surface area contributed by atoms with Crippen molar-refractivity contribution < 1.29 is 4.39 Å². The number of halogens is 4. The molecule has 2 aromatic rings. The molecule has 0 N–H and O–H groups in total. The molecule has 0 radical (unpaired) electrons. The second-order valence-corrected chi connectivity index (χ2v) is 5.34. The van der Waals surface area contributed by atoms with E-state index in [4.69, 9.17) is 23.2 Å². The minimum atomic E-state index is -0.295. The molecule has 2 aromatic carbocycles. The van der Waals surface area contributed by atoms with E-state index in [1.807, 2.05) is 6.07 Å². The molecule has 2 rings (SSSR count). The molecule has 0 saturated heterocycles. The SMILES string of the molecule is Fc1cc(I)ccc1-c1cc(Cl)ccc1Cl. The Hall–Kier alpha value is -0.320. The van der Waals surface area contributed by atoms with E-state index in [9.17, 15) is 4.39 Å². The van der Waals surface area contributed by atoms with Gasteiger partial charge in [0.15, 0.2) is 0 Å². The minimum absolute atomic E-state index is 0.295. The Kier molecular flexibility index (Phi) is 3.72. The fourth-order valence-electron chi connectivity index (χ4n) is 1.41. The van der Waals surface area contributed by atoms with Gasteiger partial charge in [-0.1, -0.05) is 29.3 Å². The van der Waals surface area contributed by atoms with E-state index in [1.54, 1.807) is 24.3 Å². The minimum Gasteiger partial charge on any atom is -0.206 e. The van der Waals surface area contributed by atoms with E-state index < -0.39 is 0 Å². The third-order valence-electron chi connectivity index (χ3n) is 2.15. The van der Waals surface area contributed by atoms with E-state index in [2.05, 4.69) is 22.6 Å². The van der Waals surface area contributed by atoms with Crippen LogP contribution >= 0.6 is 45.8 Å². The first-order chi connectivity index (χ1) is 7.58. The van der Waals surface area contributed by atoms with Crippen LogP contribution in [0.3, 0.4) is 0 Å². The van der Waals surface area contributed by atoms with E-state index >= 15 is 0 Å². The van der Waals surface area contributed by atoms with Crippen molar-refractivity contribution in [2.45, 2.75) is 0 Å². The molecular formula is C12H6Cl2FI. The zero-order valence-corrected chi connectivity index (χ0v) is 11.6. The van der Waals surface area contributed by atoms with Gasteiger partial charge in [-0.25, -0.2) is 4.39 Å². The standard InChI is InChI=1S/C12H6Cl2FI/c13-7-1-4-11(14)10(5-7)9-3-2-8(16)6-12(9)15/h1-6H. The van der Waals surface area contributed by atoms with E-state index in [0.717, 1.165) is 3.57 Å². The maximum Gasteiger partial charge on any atom is 0.132 e. The fraction of sp³-hybridized carbons (Fsp3) is 0. The normalized spacial score (nSPS) is 10.5. The van der Waals surface area contributed by atoms with Gasteiger partial charge in [-0.05, 0) is 52.9 Å². The summed E-state index contributed by atoms with van der Waals surface area (Å²) in [5, 5.41) is 1.03. The summed E-state index contributed by atoms with van der Waals surface area (Å²) in [6, 6.07) is 10.0. The quantitative estimate of drug-likeness (QED) is 0.592. The first kappa shape index (κ1) is 12.1. The average molecular weight is 367 g/mol. The lowest BCUT2D eigenvalue weighted by Crippen LogP contribution is -1.86. The Morgan fingerprint density at radius 1 is 0.938 bits per heavy atom. The lowest BCUT2D eigenvalue weighted by atomic mass is 10.1. The molecule has 4 heteroatoms. The van der Waals surface area contributed by atoms with E-state index in [1.165, 1.54) is 6.07 Å². The average Bonchev–Trinajstić information content (AvgIpc) is 2.22.